The molecule has 37 heavy (non-hydrogen) atoms. The van der Waals surface area contributed by atoms with Gasteiger partial charge in [0.05, 0.1) is 13.2 Å². The second kappa shape index (κ2) is 20.7. The van der Waals surface area contributed by atoms with Gasteiger partial charge in [0.2, 0.25) is 0 Å². The largest absolute Gasteiger partial charge is 0.394 e. The summed E-state index contributed by atoms with van der Waals surface area (Å²) in [6.45, 7) is 2.04. The van der Waals surface area contributed by atoms with Gasteiger partial charge in [-0.15, -0.1) is 0 Å². The highest BCUT2D eigenvalue weighted by Gasteiger charge is 2.44. The van der Waals surface area contributed by atoms with Crippen molar-refractivity contribution in [3.8, 4) is 0 Å². The van der Waals surface area contributed by atoms with Crippen molar-refractivity contribution in [1.29, 1.82) is 0 Å². The van der Waals surface area contributed by atoms with E-state index in [1.54, 1.807) is 0 Å². The van der Waals surface area contributed by atoms with Crippen LogP contribution in [-0.4, -0.2) is 134 Å². The van der Waals surface area contributed by atoms with E-state index in [-0.39, 0.29) is 7.43 Å². The lowest BCUT2D eigenvalue weighted by molar-refractivity contribution is -0.301. The van der Waals surface area contributed by atoms with Gasteiger partial charge in [-0.25, -0.2) is 0 Å². The molecule has 2 aliphatic heterocycles. The van der Waals surface area contributed by atoms with Crippen molar-refractivity contribution >= 4 is 12.6 Å². The van der Waals surface area contributed by atoms with Crippen LogP contribution in [0, 0.1) is 0 Å². The molecule has 2 aliphatic rings. The average Bonchev–Trinajstić information content (AvgIpc) is 2.88. The highest BCUT2D eigenvalue weighted by atomic mass is 32.1. The maximum absolute atomic E-state index is 9.68. The van der Waals surface area contributed by atoms with Gasteiger partial charge in [-0.1, -0.05) is 40.0 Å². The Kier molecular flexibility index (Phi) is 20.7. The van der Waals surface area contributed by atoms with E-state index in [1.807, 2.05) is 0 Å². The fourth-order valence-electron chi connectivity index (χ4n) is 3.73. The molecule has 0 spiro atoms. The van der Waals surface area contributed by atoms with E-state index in [0.717, 1.165) is 50.7 Å². The van der Waals surface area contributed by atoms with Crippen LogP contribution in [0.5, 0.6) is 0 Å². The normalized spacial score (nSPS) is 35.8. The maximum Gasteiger partial charge on any atom is 0.186 e. The molecule has 0 radical (unpaired) electrons. The zero-order chi connectivity index (χ0) is 27.1. The fourth-order valence-corrected chi connectivity index (χ4v) is 3.95. The Balaban J connectivity index is 0.000000682. The third-order valence-corrected chi connectivity index (χ3v) is 6.38. The molecular weight excluding hydrogens is 512 g/mol. The minimum Gasteiger partial charge on any atom is -0.394 e. The summed E-state index contributed by atoms with van der Waals surface area (Å²) in [6.07, 6.45) is -4.96. The van der Waals surface area contributed by atoms with Crippen molar-refractivity contribution in [2.24, 2.45) is 0 Å². The Bertz CT molecular complexity index is 498. The summed E-state index contributed by atoms with van der Waals surface area (Å²) in [4.78, 5) is 0. The number of ether oxygens (including phenoxy) is 4. The van der Waals surface area contributed by atoms with Crippen molar-refractivity contribution in [1.82, 2.24) is 0 Å². The van der Waals surface area contributed by atoms with Gasteiger partial charge in [-0.05, 0) is 25.0 Å². The summed E-state index contributed by atoms with van der Waals surface area (Å²) in [6, 6.07) is 0. The lowest BCUT2D eigenvalue weighted by Crippen LogP contribution is -2.59. The van der Waals surface area contributed by atoms with Gasteiger partial charge in [0.1, 0.15) is 48.8 Å². The summed E-state index contributed by atoms with van der Waals surface area (Å²) in [5, 5.41) is 75.5. The van der Waals surface area contributed by atoms with Crippen LogP contribution in [0.3, 0.4) is 0 Å². The van der Waals surface area contributed by atoms with Crippen LogP contribution in [0.2, 0.25) is 0 Å². The highest BCUT2D eigenvalue weighted by Crippen LogP contribution is 2.23. The van der Waals surface area contributed by atoms with Gasteiger partial charge >= 0.3 is 0 Å². The van der Waals surface area contributed by atoms with E-state index >= 15 is 0 Å². The van der Waals surface area contributed by atoms with Gasteiger partial charge < -0.3 is 59.8 Å². The van der Waals surface area contributed by atoms with Crippen LogP contribution in [0.1, 0.15) is 59.3 Å². The molecule has 2 heterocycles. The Hall–Kier alpha value is -0.130. The molecule has 0 aromatic heterocycles. The molecule has 8 N–H and O–H groups in total. The molecule has 0 bridgehead atoms. The van der Waals surface area contributed by atoms with Gasteiger partial charge in [-0.3, -0.25) is 0 Å². The molecule has 13 heteroatoms. The minimum absolute atomic E-state index is 0. The number of aliphatic hydroxyl groups is 8. The highest BCUT2D eigenvalue weighted by molar-refractivity contribution is 7.80. The fraction of sp³-hybridized carbons (Fsp3) is 1.00. The average molecular weight is 563 g/mol. The molecular formula is C24H50O12S. The predicted molar refractivity (Wildman–Crippen MR) is 138 cm³/mol. The van der Waals surface area contributed by atoms with E-state index < -0.39 is 74.6 Å². The van der Waals surface area contributed by atoms with Crippen LogP contribution >= 0.6 is 12.6 Å². The second-order valence-corrected chi connectivity index (χ2v) is 9.43. The molecule has 2 fully saturated rings. The third-order valence-electron chi connectivity index (χ3n) is 6.06. The summed E-state index contributed by atoms with van der Waals surface area (Å²) in [5.41, 5.74) is 0. The Morgan fingerprint density at radius 1 is 0.595 bits per heavy atom. The molecule has 0 aliphatic carbocycles. The number of hydrogen-bond acceptors (Lipinski definition) is 13. The van der Waals surface area contributed by atoms with Gasteiger partial charge in [-0.2, -0.15) is 12.6 Å². The molecule has 0 aromatic carbocycles. The molecule has 0 saturated carbocycles. The van der Waals surface area contributed by atoms with Crippen LogP contribution in [0.15, 0.2) is 0 Å². The van der Waals surface area contributed by atoms with Crippen LogP contribution in [0.4, 0.5) is 0 Å². The Labute approximate surface area is 225 Å². The zero-order valence-corrected chi connectivity index (χ0v) is 21.8. The van der Waals surface area contributed by atoms with E-state index in [4.69, 9.17) is 29.2 Å². The van der Waals surface area contributed by atoms with Crippen molar-refractivity contribution in [3.63, 3.8) is 0 Å². The molecule has 2 rings (SSSR count). The Morgan fingerprint density at radius 2 is 1.00 bits per heavy atom. The molecule has 224 valence electrons. The lowest BCUT2D eigenvalue weighted by atomic mass is 9.99. The third kappa shape index (κ3) is 12.3. The van der Waals surface area contributed by atoms with E-state index in [1.165, 1.54) is 0 Å². The van der Waals surface area contributed by atoms with Crippen LogP contribution in [-0.2, 0) is 18.9 Å². The van der Waals surface area contributed by atoms with Crippen molar-refractivity contribution < 1.29 is 59.8 Å². The van der Waals surface area contributed by atoms with Gasteiger partial charge in [0.15, 0.2) is 12.6 Å². The first-order valence-corrected chi connectivity index (χ1v) is 13.3. The number of aliphatic hydroxyl groups excluding tert-OH is 8. The van der Waals surface area contributed by atoms with Crippen LogP contribution < -0.4 is 0 Å². The molecule has 2 saturated heterocycles. The Morgan fingerprint density at radius 3 is 1.35 bits per heavy atom. The van der Waals surface area contributed by atoms with Gasteiger partial charge in [0.25, 0.3) is 0 Å². The summed E-state index contributed by atoms with van der Waals surface area (Å²) in [7, 11) is 0. The van der Waals surface area contributed by atoms with E-state index in [0.29, 0.717) is 13.2 Å². The molecule has 0 amide bonds. The van der Waals surface area contributed by atoms with E-state index in [9.17, 15) is 30.6 Å². The van der Waals surface area contributed by atoms with Crippen molar-refractivity contribution in [2.75, 3.05) is 32.2 Å². The summed E-state index contributed by atoms with van der Waals surface area (Å²) >= 11 is 4.09. The second-order valence-electron chi connectivity index (χ2n) is 8.98. The van der Waals surface area contributed by atoms with Crippen molar-refractivity contribution in [2.45, 2.75) is 121 Å². The SMILES string of the molecule is C.CCCCCCO[C@@H]1OC(CO)[C@@H](O)[C@H](O)C1O.OCC1O[C@H](OCCCCCS)C(O)[C@@H](O)[C@@H]1O. The lowest BCUT2D eigenvalue weighted by Gasteiger charge is -2.39. The van der Waals surface area contributed by atoms with Crippen LogP contribution in [0.25, 0.3) is 0 Å². The molecule has 0 aromatic rings. The summed E-state index contributed by atoms with van der Waals surface area (Å²) < 4.78 is 21.0. The predicted octanol–water partition coefficient (Wildman–Crippen LogP) is -1.08. The molecule has 4 unspecified atom stereocenters. The quantitative estimate of drug-likeness (QED) is 0.0918. The number of rotatable bonds is 14. The standard InChI is InChI=1S/C12H24O6.C11H22O6S.CH4/c1-2-3-4-5-6-17-12-11(16)10(15)9(14)8(7-13)18-12;12-6-7-8(13)9(14)10(15)11(17-7)16-4-2-1-3-5-18;/h8-16H,2-7H2,1H3;7-15,18H,1-6H2;1H4/t8?,9-,10+,11?,12-;7?,8-,9+,10?,11+;/m11./s1. The monoisotopic (exact) mass is 562 g/mol. The topological polar surface area (TPSA) is 199 Å². The molecule has 10 atom stereocenters. The number of hydrogen-bond donors (Lipinski definition) is 9. The number of thiol groups is 1. The first kappa shape index (κ1) is 36.9. The summed E-state index contributed by atoms with van der Waals surface area (Å²) in [5.74, 6) is 0.819. The first-order chi connectivity index (χ1) is 17.2. The van der Waals surface area contributed by atoms with Crippen molar-refractivity contribution in [3.05, 3.63) is 0 Å². The maximum atomic E-state index is 9.68. The van der Waals surface area contributed by atoms with E-state index in [2.05, 4.69) is 19.6 Å². The number of unbranched alkanes of at least 4 members (excludes halogenated alkanes) is 5. The first-order valence-electron chi connectivity index (χ1n) is 12.7. The zero-order valence-electron chi connectivity index (χ0n) is 20.9. The molecule has 12 nitrogen and oxygen atoms in total. The smallest absolute Gasteiger partial charge is 0.186 e. The minimum atomic E-state index is -1.38. The van der Waals surface area contributed by atoms with Gasteiger partial charge in [0, 0.05) is 13.2 Å².